The van der Waals surface area contributed by atoms with Crippen LogP contribution in [0.4, 0.5) is 11.5 Å². The van der Waals surface area contributed by atoms with E-state index in [0.717, 1.165) is 44.5 Å². The highest BCUT2D eigenvalue weighted by atomic mass is 15.0. The van der Waals surface area contributed by atoms with E-state index in [-0.39, 0.29) is 0 Å². The minimum atomic E-state index is 0.589. The van der Waals surface area contributed by atoms with Crippen molar-refractivity contribution >= 4 is 22.3 Å². The first-order valence-corrected chi connectivity index (χ1v) is 10.1. The first-order chi connectivity index (χ1) is 15.3. The van der Waals surface area contributed by atoms with E-state index in [2.05, 4.69) is 45.6 Å². The molecule has 3 N–H and O–H groups in total. The van der Waals surface area contributed by atoms with Gasteiger partial charge in [0.05, 0.1) is 17.9 Å². The van der Waals surface area contributed by atoms with Crippen molar-refractivity contribution in [3.05, 3.63) is 103 Å². The van der Waals surface area contributed by atoms with E-state index in [1.54, 1.807) is 12.4 Å². The Labute approximate surface area is 180 Å². The normalized spacial score (nSPS) is 10.8. The van der Waals surface area contributed by atoms with Gasteiger partial charge in [0.1, 0.15) is 5.82 Å². The molecular weight excluding hydrogens is 382 g/mol. The highest BCUT2D eigenvalue weighted by Gasteiger charge is 2.14. The van der Waals surface area contributed by atoms with Gasteiger partial charge in [-0.15, -0.1) is 0 Å². The van der Waals surface area contributed by atoms with Crippen molar-refractivity contribution < 1.29 is 0 Å². The molecule has 0 fully saturated rings. The topological polar surface area (TPSA) is 76.7 Å². The van der Waals surface area contributed by atoms with E-state index in [0.29, 0.717) is 12.2 Å². The van der Waals surface area contributed by atoms with Gasteiger partial charge in [-0.2, -0.15) is 0 Å². The molecule has 5 rings (SSSR count). The monoisotopic (exact) mass is 403 g/mol. The average Bonchev–Trinajstić information content (AvgIpc) is 2.83. The van der Waals surface area contributed by atoms with Gasteiger partial charge in [0.25, 0.3) is 0 Å². The van der Waals surface area contributed by atoms with Gasteiger partial charge in [0, 0.05) is 41.3 Å². The smallest absolute Gasteiger partial charge is 0.134 e. The number of anilines is 2. The van der Waals surface area contributed by atoms with Crippen LogP contribution in [0.25, 0.3) is 33.0 Å². The fourth-order valence-corrected chi connectivity index (χ4v) is 3.80. The molecule has 0 amide bonds. The third-order valence-electron chi connectivity index (χ3n) is 5.23. The SMILES string of the molecule is Nc1cncc(-c2cnc(NCc3ccccn3)c3c(-c4ccccc4)cccc23)c1. The van der Waals surface area contributed by atoms with Gasteiger partial charge in [-0.1, -0.05) is 54.6 Å². The van der Waals surface area contributed by atoms with E-state index in [1.807, 2.05) is 54.9 Å². The number of aromatic nitrogens is 3. The summed E-state index contributed by atoms with van der Waals surface area (Å²) in [5.74, 6) is 0.820. The van der Waals surface area contributed by atoms with Crippen molar-refractivity contribution in [2.24, 2.45) is 0 Å². The van der Waals surface area contributed by atoms with E-state index < -0.39 is 0 Å². The number of fused-ring (bicyclic) bond motifs is 1. The molecule has 0 bridgehead atoms. The van der Waals surface area contributed by atoms with Crippen molar-refractivity contribution in [2.75, 3.05) is 11.1 Å². The van der Waals surface area contributed by atoms with Crippen LogP contribution in [0.3, 0.4) is 0 Å². The standard InChI is InChI=1S/C26H21N5/c27-20-13-19(14-28-15-20)24-17-31-26(30-16-21-9-4-5-12-29-21)25-22(10-6-11-23(24)25)18-7-2-1-3-8-18/h1-15,17H,16,27H2,(H,30,31). The summed E-state index contributed by atoms with van der Waals surface area (Å²) in [5, 5.41) is 5.64. The van der Waals surface area contributed by atoms with Crippen LogP contribution >= 0.6 is 0 Å². The fraction of sp³-hybridized carbons (Fsp3) is 0.0385. The highest BCUT2D eigenvalue weighted by molar-refractivity contribution is 6.09. The van der Waals surface area contributed by atoms with Crippen LogP contribution in [0.1, 0.15) is 5.69 Å². The molecule has 0 radical (unpaired) electrons. The highest BCUT2D eigenvalue weighted by Crippen LogP contribution is 2.38. The molecule has 0 aliphatic heterocycles. The van der Waals surface area contributed by atoms with E-state index >= 15 is 0 Å². The van der Waals surface area contributed by atoms with Crippen molar-refractivity contribution in [1.29, 1.82) is 0 Å². The summed E-state index contributed by atoms with van der Waals surface area (Å²) in [7, 11) is 0. The minimum Gasteiger partial charge on any atom is -0.397 e. The van der Waals surface area contributed by atoms with Gasteiger partial charge in [-0.25, -0.2) is 4.98 Å². The molecule has 31 heavy (non-hydrogen) atoms. The maximum absolute atomic E-state index is 6.00. The zero-order valence-electron chi connectivity index (χ0n) is 16.9. The Hall–Kier alpha value is -4.25. The fourth-order valence-electron chi connectivity index (χ4n) is 3.80. The number of nitrogens with two attached hydrogens (primary N) is 1. The number of nitrogens with one attached hydrogen (secondary N) is 1. The quantitative estimate of drug-likeness (QED) is 0.402. The molecule has 0 unspecified atom stereocenters. The largest absolute Gasteiger partial charge is 0.397 e. The second-order valence-electron chi connectivity index (χ2n) is 7.30. The van der Waals surface area contributed by atoms with Gasteiger partial charge in [0.15, 0.2) is 0 Å². The Balaban J connectivity index is 1.70. The number of hydrogen-bond acceptors (Lipinski definition) is 5. The third-order valence-corrected chi connectivity index (χ3v) is 5.23. The van der Waals surface area contributed by atoms with Crippen LogP contribution in [0, 0.1) is 0 Å². The molecule has 0 atom stereocenters. The number of nitrogens with zero attached hydrogens (tertiary/aromatic N) is 3. The van der Waals surface area contributed by atoms with E-state index in [4.69, 9.17) is 10.7 Å². The number of nitrogen functional groups attached to an aromatic ring is 1. The summed E-state index contributed by atoms with van der Waals surface area (Å²) in [6, 6.07) is 24.5. The first-order valence-electron chi connectivity index (χ1n) is 10.1. The van der Waals surface area contributed by atoms with E-state index in [9.17, 15) is 0 Å². The molecule has 0 aliphatic rings. The van der Waals surface area contributed by atoms with Crippen molar-refractivity contribution in [3.63, 3.8) is 0 Å². The molecule has 0 saturated heterocycles. The van der Waals surface area contributed by atoms with Gasteiger partial charge in [-0.05, 0) is 34.7 Å². The van der Waals surface area contributed by atoms with Gasteiger partial charge in [0.2, 0.25) is 0 Å². The summed E-state index contributed by atoms with van der Waals surface area (Å²) in [5.41, 5.74) is 11.8. The lowest BCUT2D eigenvalue weighted by atomic mass is 9.94. The van der Waals surface area contributed by atoms with Crippen molar-refractivity contribution in [3.8, 4) is 22.3 Å². The second-order valence-corrected chi connectivity index (χ2v) is 7.30. The summed E-state index contributed by atoms with van der Waals surface area (Å²) in [6.07, 6.45) is 7.16. The molecule has 5 heteroatoms. The molecular formula is C26H21N5. The van der Waals surface area contributed by atoms with Crippen LogP contribution in [0.15, 0.2) is 97.6 Å². The molecule has 150 valence electrons. The number of pyridine rings is 3. The van der Waals surface area contributed by atoms with Crippen molar-refractivity contribution in [1.82, 2.24) is 15.0 Å². The predicted octanol–water partition coefficient (Wildman–Crippen LogP) is 5.55. The summed E-state index contributed by atoms with van der Waals surface area (Å²) in [6.45, 7) is 0.589. The molecule has 0 spiro atoms. The molecule has 2 aromatic carbocycles. The zero-order chi connectivity index (χ0) is 21.0. The number of hydrogen-bond donors (Lipinski definition) is 2. The Morgan fingerprint density at radius 2 is 1.61 bits per heavy atom. The summed E-state index contributed by atoms with van der Waals surface area (Å²) >= 11 is 0. The summed E-state index contributed by atoms with van der Waals surface area (Å²) < 4.78 is 0. The third kappa shape index (κ3) is 3.81. The second kappa shape index (κ2) is 8.24. The molecule has 0 saturated carbocycles. The van der Waals surface area contributed by atoms with Gasteiger partial charge in [-0.3, -0.25) is 9.97 Å². The van der Waals surface area contributed by atoms with Crippen molar-refractivity contribution in [2.45, 2.75) is 6.54 Å². The van der Waals surface area contributed by atoms with Crippen LogP contribution in [-0.4, -0.2) is 15.0 Å². The Morgan fingerprint density at radius 3 is 2.42 bits per heavy atom. The van der Waals surface area contributed by atoms with Crippen LogP contribution in [-0.2, 0) is 6.54 Å². The molecule has 3 aromatic heterocycles. The lowest BCUT2D eigenvalue weighted by molar-refractivity contribution is 1.03. The first kappa shape index (κ1) is 18.8. The number of benzene rings is 2. The Morgan fingerprint density at radius 1 is 0.742 bits per heavy atom. The van der Waals surface area contributed by atoms with E-state index in [1.165, 1.54) is 0 Å². The Bertz CT molecular complexity index is 1330. The van der Waals surface area contributed by atoms with Crippen LogP contribution < -0.4 is 11.1 Å². The predicted molar refractivity (Wildman–Crippen MR) is 126 cm³/mol. The van der Waals surface area contributed by atoms with Crippen LogP contribution in [0.5, 0.6) is 0 Å². The van der Waals surface area contributed by atoms with Gasteiger partial charge >= 0.3 is 0 Å². The molecule has 3 heterocycles. The maximum Gasteiger partial charge on any atom is 0.134 e. The Kier molecular flexibility index (Phi) is 4.99. The zero-order valence-corrected chi connectivity index (χ0v) is 16.9. The van der Waals surface area contributed by atoms with Crippen LogP contribution in [0.2, 0.25) is 0 Å². The molecule has 5 nitrogen and oxygen atoms in total. The molecule has 0 aliphatic carbocycles. The maximum atomic E-state index is 6.00. The lowest BCUT2D eigenvalue weighted by Gasteiger charge is -2.16. The summed E-state index contributed by atoms with van der Waals surface area (Å²) in [4.78, 5) is 13.5. The lowest BCUT2D eigenvalue weighted by Crippen LogP contribution is -2.04. The molecule has 5 aromatic rings. The van der Waals surface area contributed by atoms with Gasteiger partial charge < -0.3 is 11.1 Å². The minimum absolute atomic E-state index is 0.589. The average molecular weight is 403 g/mol. The number of rotatable bonds is 5.